The van der Waals surface area contributed by atoms with Gasteiger partial charge >= 0.3 is 0 Å². The normalized spacial score (nSPS) is 10.1. The Bertz CT molecular complexity index is 587. The fourth-order valence-electron chi connectivity index (χ4n) is 1.58. The number of hydrogen-bond acceptors (Lipinski definition) is 2. The van der Waals surface area contributed by atoms with E-state index in [4.69, 9.17) is 16.3 Å². The van der Waals surface area contributed by atoms with Crippen LogP contribution in [0.2, 0.25) is 5.02 Å². The number of amides is 1. The van der Waals surface area contributed by atoms with Crippen LogP contribution >= 0.6 is 27.5 Å². The molecule has 1 N–H and O–H groups in total. The summed E-state index contributed by atoms with van der Waals surface area (Å²) in [5.41, 5.74) is 1.90. The maximum Gasteiger partial charge on any atom is 0.262 e. The van der Waals surface area contributed by atoms with Gasteiger partial charge in [-0.3, -0.25) is 4.79 Å². The van der Waals surface area contributed by atoms with Crippen molar-refractivity contribution in [2.24, 2.45) is 0 Å². The molecule has 5 heteroatoms. The molecular formula is C15H13BrClNO2. The van der Waals surface area contributed by atoms with E-state index >= 15 is 0 Å². The summed E-state index contributed by atoms with van der Waals surface area (Å²) < 4.78 is 5.36. The lowest BCUT2D eigenvalue weighted by molar-refractivity contribution is -0.118. The molecule has 2 aromatic rings. The van der Waals surface area contributed by atoms with Gasteiger partial charge in [0.1, 0.15) is 5.75 Å². The maximum atomic E-state index is 11.7. The van der Waals surface area contributed by atoms with Crippen molar-refractivity contribution < 1.29 is 9.53 Å². The van der Waals surface area contributed by atoms with Crippen molar-refractivity contribution in [2.45, 2.75) is 5.33 Å². The first-order valence-corrected chi connectivity index (χ1v) is 7.50. The molecule has 2 rings (SSSR count). The lowest BCUT2D eigenvalue weighted by Gasteiger charge is -2.08. The first kappa shape index (κ1) is 14.9. The average Bonchev–Trinajstić information content (AvgIpc) is 2.46. The summed E-state index contributed by atoms with van der Waals surface area (Å²) in [7, 11) is 0. The third-order valence-electron chi connectivity index (χ3n) is 2.56. The zero-order valence-corrected chi connectivity index (χ0v) is 12.9. The van der Waals surface area contributed by atoms with Gasteiger partial charge in [0, 0.05) is 16.0 Å². The standard InChI is InChI=1S/C15H13BrClNO2/c16-9-11-4-6-13(7-5-11)18-15(19)10-20-14-3-1-2-12(17)8-14/h1-8H,9-10H2,(H,18,19). The smallest absolute Gasteiger partial charge is 0.262 e. The zero-order valence-electron chi connectivity index (χ0n) is 10.6. The van der Waals surface area contributed by atoms with Crippen molar-refractivity contribution in [1.82, 2.24) is 0 Å². The van der Waals surface area contributed by atoms with Crippen LogP contribution < -0.4 is 10.1 Å². The highest BCUT2D eigenvalue weighted by molar-refractivity contribution is 9.08. The largest absolute Gasteiger partial charge is 0.484 e. The number of carbonyl (C=O) groups excluding carboxylic acids is 1. The molecule has 0 unspecified atom stereocenters. The number of nitrogens with one attached hydrogen (secondary N) is 1. The lowest BCUT2D eigenvalue weighted by Crippen LogP contribution is -2.20. The third kappa shape index (κ3) is 4.54. The molecule has 2 aromatic carbocycles. The second-order valence-corrected chi connectivity index (χ2v) is 5.12. The first-order chi connectivity index (χ1) is 9.67. The molecule has 0 heterocycles. The molecule has 1 amide bonds. The molecule has 20 heavy (non-hydrogen) atoms. The van der Waals surface area contributed by atoms with Crippen LogP contribution in [0.25, 0.3) is 0 Å². The van der Waals surface area contributed by atoms with Gasteiger partial charge in [0.05, 0.1) is 0 Å². The van der Waals surface area contributed by atoms with Crippen LogP contribution in [0.1, 0.15) is 5.56 Å². The number of alkyl halides is 1. The van der Waals surface area contributed by atoms with Gasteiger partial charge in [-0.25, -0.2) is 0 Å². The molecule has 0 spiro atoms. The molecule has 104 valence electrons. The van der Waals surface area contributed by atoms with Crippen molar-refractivity contribution in [3.05, 3.63) is 59.1 Å². The van der Waals surface area contributed by atoms with Crippen molar-refractivity contribution in [3.8, 4) is 5.75 Å². The maximum absolute atomic E-state index is 11.7. The van der Waals surface area contributed by atoms with E-state index in [0.717, 1.165) is 16.6 Å². The molecule has 0 fully saturated rings. The van der Waals surface area contributed by atoms with Crippen LogP contribution in [0.5, 0.6) is 5.75 Å². The first-order valence-electron chi connectivity index (χ1n) is 6.00. The van der Waals surface area contributed by atoms with Gasteiger partial charge in [-0.05, 0) is 35.9 Å². The minimum atomic E-state index is -0.212. The Balaban J connectivity index is 1.85. The summed E-state index contributed by atoms with van der Waals surface area (Å²) in [6, 6.07) is 14.5. The summed E-state index contributed by atoms with van der Waals surface area (Å²) in [6.07, 6.45) is 0. The zero-order chi connectivity index (χ0) is 14.4. The van der Waals surface area contributed by atoms with E-state index in [2.05, 4.69) is 21.2 Å². The highest BCUT2D eigenvalue weighted by Crippen LogP contribution is 2.17. The minimum Gasteiger partial charge on any atom is -0.484 e. The predicted octanol–water partition coefficient (Wildman–Crippen LogP) is 4.25. The van der Waals surface area contributed by atoms with E-state index in [-0.39, 0.29) is 12.5 Å². The number of hydrogen-bond donors (Lipinski definition) is 1. The average molecular weight is 355 g/mol. The van der Waals surface area contributed by atoms with Gasteiger partial charge in [0.2, 0.25) is 0 Å². The topological polar surface area (TPSA) is 38.3 Å². The van der Waals surface area contributed by atoms with E-state index in [1.54, 1.807) is 24.3 Å². The molecule has 0 radical (unpaired) electrons. The molecular weight excluding hydrogens is 342 g/mol. The number of halogens is 2. The third-order valence-corrected chi connectivity index (χ3v) is 3.44. The van der Waals surface area contributed by atoms with Gasteiger partial charge in [-0.2, -0.15) is 0 Å². The van der Waals surface area contributed by atoms with E-state index in [9.17, 15) is 4.79 Å². The van der Waals surface area contributed by atoms with Crippen molar-refractivity contribution in [1.29, 1.82) is 0 Å². The lowest BCUT2D eigenvalue weighted by atomic mass is 10.2. The van der Waals surface area contributed by atoms with E-state index in [0.29, 0.717) is 10.8 Å². The Labute approximate surface area is 131 Å². The van der Waals surface area contributed by atoms with E-state index in [1.807, 2.05) is 24.3 Å². The Hall–Kier alpha value is -1.52. The Morgan fingerprint density at radius 3 is 2.60 bits per heavy atom. The van der Waals surface area contributed by atoms with Gasteiger partial charge in [0.15, 0.2) is 6.61 Å². The summed E-state index contributed by atoms with van der Waals surface area (Å²) in [5.74, 6) is 0.360. The summed E-state index contributed by atoms with van der Waals surface area (Å²) in [4.78, 5) is 11.7. The van der Waals surface area contributed by atoms with Crippen molar-refractivity contribution in [2.75, 3.05) is 11.9 Å². The Kier molecular flexibility index (Phi) is 5.44. The van der Waals surface area contributed by atoms with E-state index < -0.39 is 0 Å². The van der Waals surface area contributed by atoms with Crippen LogP contribution in [0, 0.1) is 0 Å². The van der Waals surface area contributed by atoms with Crippen LogP contribution in [0.3, 0.4) is 0 Å². The SMILES string of the molecule is O=C(COc1cccc(Cl)c1)Nc1ccc(CBr)cc1. The molecule has 0 aliphatic heterocycles. The molecule has 0 aliphatic rings. The molecule has 0 aromatic heterocycles. The van der Waals surface area contributed by atoms with Crippen LogP contribution in [0.15, 0.2) is 48.5 Å². The van der Waals surface area contributed by atoms with Gasteiger partial charge in [-0.1, -0.05) is 45.7 Å². The molecule has 0 aliphatic carbocycles. The number of ether oxygens (including phenoxy) is 1. The minimum absolute atomic E-state index is 0.0550. The second kappa shape index (κ2) is 7.31. The van der Waals surface area contributed by atoms with Gasteiger partial charge < -0.3 is 10.1 Å². The summed E-state index contributed by atoms with van der Waals surface area (Å²) in [6.45, 7) is -0.0550. The fraction of sp³-hybridized carbons (Fsp3) is 0.133. The van der Waals surface area contributed by atoms with Gasteiger partial charge in [0.25, 0.3) is 5.91 Å². The molecule has 0 bridgehead atoms. The van der Waals surface area contributed by atoms with Crippen LogP contribution in [-0.2, 0) is 10.1 Å². The monoisotopic (exact) mass is 353 g/mol. The van der Waals surface area contributed by atoms with Crippen LogP contribution in [0.4, 0.5) is 5.69 Å². The molecule has 0 saturated carbocycles. The fourth-order valence-corrected chi connectivity index (χ4v) is 2.13. The number of carbonyl (C=O) groups is 1. The van der Waals surface area contributed by atoms with Crippen molar-refractivity contribution >= 4 is 39.1 Å². The van der Waals surface area contributed by atoms with Crippen LogP contribution in [-0.4, -0.2) is 12.5 Å². The Morgan fingerprint density at radius 2 is 1.95 bits per heavy atom. The highest BCUT2D eigenvalue weighted by Gasteiger charge is 2.04. The van der Waals surface area contributed by atoms with E-state index in [1.165, 1.54) is 0 Å². The number of benzene rings is 2. The highest BCUT2D eigenvalue weighted by atomic mass is 79.9. The van der Waals surface area contributed by atoms with Gasteiger partial charge in [-0.15, -0.1) is 0 Å². The number of anilines is 1. The van der Waals surface area contributed by atoms with Crippen molar-refractivity contribution in [3.63, 3.8) is 0 Å². The second-order valence-electron chi connectivity index (χ2n) is 4.12. The molecule has 0 atom stereocenters. The predicted molar refractivity (Wildman–Crippen MR) is 84.6 cm³/mol. The quantitative estimate of drug-likeness (QED) is 0.815. The molecule has 0 saturated heterocycles. The summed E-state index contributed by atoms with van der Waals surface area (Å²) >= 11 is 9.21. The number of rotatable bonds is 5. The summed E-state index contributed by atoms with van der Waals surface area (Å²) in [5, 5.41) is 4.13. The molecule has 3 nitrogen and oxygen atoms in total. The Morgan fingerprint density at radius 1 is 1.20 bits per heavy atom.